The number of amides is 2. The molecule has 0 spiro atoms. The first-order chi connectivity index (χ1) is 31.7. The van der Waals surface area contributed by atoms with Crippen molar-refractivity contribution in [2.75, 3.05) is 28.4 Å². The summed E-state index contributed by atoms with van der Waals surface area (Å²) in [6, 6.07) is 4.47. The lowest BCUT2D eigenvalue weighted by Gasteiger charge is -2.49. The molecule has 8 rings (SSSR count). The molecule has 2 saturated heterocycles. The number of fused-ring (bicyclic) bond motifs is 5. The molecule has 2 aromatic carbocycles. The summed E-state index contributed by atoms with van der Waals surface area (Å²) >= 11 is 0. The predicted octanol–water partition coefficient (Wildman–Crippen LogP) is -1.74. The van der Waals surface area contributed by atoms with Crippen LogP contribution in [0.25, 0.3) is 0 Å². The van der Waals surface area contributed by atoms with Crippen molar-refractivity contribution < 1.29 is 70.1 Å². The van der Waals surface area contributed by atoms with E-state index in [4.69, 9.17) is 41.8 Å². The second-order valence-electron chi connectivity index (χ2n) is 13.1. The molecular weight excluding hydrogens is 867 g/mol. The molecule has 25 nitrogen and oxygen atoms in total. The van der Waals surface area contributed by atoms with Gasteiger partial charge in [-0.15, -0.1) is 0 Å². The highest BCUT2D eigenvalue weighted by Crippen LogP contribution is 2.52. The number of Topliss-reactive ketones (excluding diaryl/α,β-unsaturated/α-hetero) is 1. The molecule has 0 radical (unpaired) electrons. The summed E-state index contributed by atoms with van der Waals surface area (Å²) in [6.45, 7) is 6.12. The third-order valence-electron chi connectivity index (χ3n) is 9.86. The van der Waals surface area contributed by atoms with Gasteiger partial charge in [0.25, 0.3) is 17.5 Å². The van der Waals surface area contributed by atoms with Gasteiger partial charge in [0, 0.05) is 40.7 Å². The van der Waals surface area contributed by atoms with Gasteiger partial charge in [0.05, 0.1) is 61.3 Å². The van der Waals surface area contributed by atoms with Crippen molar-refractivity contribution >= 4 is 48.5 Å². The number of alkyl halides is 1. The summed E-state index contributed by atoms with van der Waals surface area (Å²) in [7, 11) is 3.92. The number of rotatable bonds is 9. The Labute approximate surface area is 373 Å². The molecule has 0 bridgehead atoms. The Morgan fingerprint density at radius 2 is 1.38 bits per heavy atom. The molecule has 0 aliphatic carbocycles. The molecule has 6 atom stereocenters. The van der Waals surface area contributed by atoms with Crippen LogP contribution >= 0.6 is 0 Å². The molecule has 358 valence electrons. The topological polar surface area (TPSA) is 361 Å². The van der Waals surface area contributed by atoms with Crippen LogP contribution in [0.15, 0.2) is 44.2 Å². The first-order valence-electron chi connectivity index (χ1n) is 20.2. The zero-order chi connectivity index (χ0) is 50.1. The van der Waals surface area contributed by atoms with E-state index in [0.717, 1.165) is 4.90 Å². The number of ether oxygens (including phenoxy) is 1. The highest BCUT2D eigenvalue weighted by Gasteiger charge is 2.78. The second-order valence-corrected chi connectivity index (χ2v) is 13.1. The number of ketones is 1. The number of aliphatic hydroxyl groups excluding tert-OH is 5. The standard InChI is InChI=1S/C17H19N5O7.C11H12O5.C6H9N5O.2C2H6.CH3F.O2/c1-21-7-18-12-13(21)19-15-20-16(17(27,29-28-16)22(15)14(12)26)10-2-8(4-23)11(6-25)9(3-10)5-24;1-16-11-3-7(10(15)6-14)2-8(4-12)9(11)5-13;1-11-2-8-3-4(11)9-6(7)10-5(3)12;4*1-2/h2-3,7,12-13,23-25,27H,4-6H2,1H3,(H,19,20);2-3,6,12-13H,4-5H2,1H3;2-4H,1H3,(H3,7,9,10,12);2*1-2H3;1H3;/i;;;;;1D;. The Morgan fingerprint density at radius 1 is 0.877 bits per heavy atom. The summed E-state index contributed by atoms with van der Waals surface area (Å²) in [4.78, 5) is 91.1. The Hall–Kier alpha value is -6.39. The molecule has 6 aliphatic heterocycles. The smallest absolute Gasteiger partial charge is 0.344 e. The first kappa shape index (κ1) is 53.0. The normalized spacial score (nSPS) is 24.4. The van der Waals surface area contributed by atoms with Gasteiger partial charge >= 0.3 is 5.91 Å². The van der Waals surface area contributed by atoms with Gasteiger partial charge in [-0.25, -0.2) is 14.9 Å². The molecule has 2 fully saturated rings. The minimum Gasteiger partial charge on any atom is -0.496 e. The number of benzene rings is 2. The maximum absolute atomic E-state index is 13.0. The minimum absolute atomic E-state index is 0.0518. The molecule has 0 aromatic heterocycles. The number of aliphatic hydroxyl groups is 6. The fraction of sp³-hybridized carbons (Fsp3) is 0.487. The number of aliphatic imine (C=N–C) groups is 4. The quantitative estimate of drug-likeness (QED) is 0.0583. The number of nitrogens with zero attached hydrogens (tertiary/aromatic N) is 7. The number of nitrogens with one attached hydrogen (secondary N) is 2. The summed E-state index contributed by atoms with van der Waals surface area (Å²) in [5.74, 6) is -3.15. The number of methoxy groups -OCH3 is 1. The molecule has 65 heavy (non-hydrogen) atoms. The molecule has 10 N–H and O–H groups in total. The Morgan fingerprint density at radius 3 is 1.85 bits per heavy atom. The molecule has 2 aromatic rings. The van der Waals surface area contributed by atoms with Crippen LogP contribution in [-0.2, 0) is 62.9 Å². The lowest BCUT2D eigenvalue weighted by atomic mass is 9.90. The van der Waals surface area contributed by atoms with E-state index in [1.165, 1.54) is 37.7 Å². The van der Waals surface area contributed by atoms with Crippen molar-refractivity contribution in [3.8, 4) is 5.75 Å². The third kappa shape index (κ3) is 10.4. The number of nitrogens with two attached hydrogens (primary N) is 1. The van der Waals surface area contributed by atoms with Gasteiger partial charge in [-0.3, -0.25) is 38.9 Å². The van der Waals surface area contributed by atoms with E-state index in [0.29, 0.717) is 27.8 Å². The summed E-state index contributed by atoms with van der Waals surface area (Å²) in [5, 5.41) is 63.7. The van der Waals surface area contributed by atoms with Gasteiger partial charge in [-0.2, -0.15) is 9.78 Å². The van der Waals surface area contributed by atoms with E-state index >= 15 is 0 Å². The number of hydrogen-bond donors (Lipinski definition) is 9. The summed E-state index contributed by atoms with van der Waals surface area (Å²) in [5.41, 5.74) is 5.88. The second kappa shape index (κ2) is 24.6. The van der Waals surface area contributed by atoms with Crippen LogP contribution in [0.4, 0.5) is 4.39 Å². The maximum Gasteiger partial charge on any atom is 0.344 e. The number of carbonyl (C=O) groups is 4. The molecule has 2 amide bonds. The van der Waals surface area contributed by atoms with Crippen LogP contribution in [0.1, 0.15) is 72.8 Å². The van der Waals surface area contributed by atoms with Crippen LogP contribution < -0.4 is 21.1 Å². The average Bonchev–Trinajstić information content (AvgIpc) is 3.96. The van der Waals surface area contributed by atoms with Crippen LogP contribution in [0, 0.1) is 9.93 Å². The van der Waals surface area contributed by atoms with Gasteiger partial charge in [-0.1, -0.05) is 27.7 Å². The molecule has 6 unspecified atom stereocenters. The van der Waals surface area contributed by atoms with Gasteiger partial charge in [0.1, 0.15) is 5.75 Å². The molecule has 26 heteroatoms. The minimum atomic E-state index is -2.25. The van der Waals surface area contributed by atoms with Crippen LogP contribution in [0.5, 0.6) is 5.75 Å². The number of carbonyl (C=O) groups excluding carboxylic acids is 4. The van der Waals surface area contributed by atoms with Crippen molar-refractivity contribution in [3.05, 3.63) is 73.1 Å². The molecular formula is C39H55FN10O15. The van der Waals surface area contributed by atoms with E-state index in [9.17, 15) is 44.0 Å². The van der Waals surface area contributed by atoms with E-state index in [-0.39, 0.29) is 67.0 Å². The number of halogens is 1. The highest BCUT2D eigenvalue weighted by atomic mass is 19.1. The number of likely N-dealkylation sites (N-methyl/N-ethyl adjacent to an activating group) is 2. The van der Waals surface area contributed by atoms with E-state index in [1.807, 2.05) is 34.7 Å². The molecule has 0 saturated carbocycles. The maximum atomic E-state index is 13.0. The molecule has 6 aliphatic rings. The Kier molecular flexibility index (Phi) is 20.0. The fourth-order valence-electron chi connectivity index (χ4n) is 6.85. The summed E-state index contributed by atoms with van der Waals surface area (Å²) in [6.07, 6.45) is 2.48. The van der Waals surface area contributed by atoms with Crippen LogP contribution in [-0.4, -0.2) is 153 Å². The lowest BCUT2D eigenvalue weighted by molar-refractivity contribution is -0.630. The van der Waals surface area contributed by atoms with Crippen molar-refractivity contribution in [3.63, 3.8) is 0 Å². The SMILES string of the molecule is CC.CC.CN1C=NC2C(=O)N3C(=NC21)NC1(c2cc(CO)c(CO)c(CO)c2)OOC31O.CN1C=NC2C(=O)NC(N)=NC21.COc1cc(C(=O)C=O)cc(CO)c1CO.O=O.[2H]CF. The van der Waals surface area contributed by atoms with E-state index < -0.39 is 61.9 Å². The largest absolute Gasteiger partial charge is 0.496 e. The Bertz CT molecular complexity index is 2100. The first-order valence-corrected chi connectivity index (χ1v) is 19.5. The number of guanidine groups is 2. The monoisotopic (exact) mass is 923 g/mol. The lowest BCUT2D eigenvalue weighted by Crippen LogP contribution is -2.72. The van der Waals surface area contributed by atoms with Crippen molar-refractivity contribution in [2.24, 2.45) is 25.7 Å². The number of hydrogen-bond acceptors (Lipinski definition) is 23. The van der Waals surface area contributed by atoms with Crippen LogP contribution in [0.3, 0.4) is 0 Å². The summed E-state index contributed by atoms with van der Waals surface area (Å²) < 4.78 is 20.5. The fourth-order valence-corrected chi connectivity index (χ4v) is 6.85. The zero-order valence-corrected chi connectivity index (χ0v) is 36.5. The Balaban J connectivity index is 0.000000342. The van der Waals surface area contributed by atoms with Crippen molar-refractivity contribution in [1.29, 1.82) is 0 Å². The van der Waals surface area contributed by atoms with Crippen LogP contribution in [0.2, 0.25) is 0 Å². The average molecular weight is 924 g/mol. The third-order valence-corrected chi connectivity index (χ3v) is 9.86. The van der Waals surface area contributed by atoms with E-state index in [2.05, 4.69) is 30.6 Å². The van der Waals surface area contributed by atoms with Gasteiger partial charge in [0.15, 0.2) is 36.7 Å². The predicted molar refractivity (Wildman–Crippen MR) is 230 cm³/mol. The van der Waals surface area contributed by atoms with Crippen molar-refractivity contribution in [2.45, 2.75) is 96.8 Å². The van der Waals surface area contributed by atoms with Gasteiger partial charge in [-0.05, 0) is 46.5 Å². The zero-order valence-electron chi connectivity index (χ0n) is 37.5. The van der Waals surface area contributed by atoms with Gasteiger partial charge in [0.2, 0.25) is 11.7 Å². The van der Waals surface area contributed by atoms with Gasteiger partial charge < -0.3 is 56.2 Å². The highest BCUT2D eigenvalue weighted by molar-refractivity contribution is 6.33. The van der Waals surface area contributed by atoms with E-state index in [1.54, 1.807) is 23.2 Å². The number of aldehydes is 1. The van der Waals surface area contributed by atoms with Crippen molar-refractivity contribution in [1.82, 2.24) is 25.3 Å². The molecule has 6 heterocycles.